The Hall–Kier alpha value is -0.120. The van der Waals surface area contributed by atoms with Crippen molar-refractivity contribution >= 4 is 0 Å². The summed E-state index contributed by atoms with van der Waals surface area (Å²) in [5, 5.41) is 8.63. The fourth-order valence-electron chi connectivity index (χ4n) is 2.14. The molecule has 0 amide bonds. The Morgan fingerprint density at radius 3 is 2.57 bits per heavy atom. The van der Waals surface area contributed by atoms with Crippen LogP contribution < -0.4 is 5.73 Å². The summed E-state index contributed by atoms with van der Waals surface area (Å²) in [6.45, 7) is 2.69. The van der Waals surface area contributed by atoms with E-state index in [2.05, 4.69) is 11.9 Å². The van der Waals surface area contributed by atoms with Crippen LogP contribution in [0.2, 0.25) is 0 Å². The summed E-state index contributed by atoms with van der Waals surface area (Å²) in [5.74, 6) is 0.841. The van der Waals surface area contributed by atoms with Crippen LogP contribution in [-0.4, -0.2) is 42.8 Å². The van der Waals surface area contributed by atoms with Crippen LogP contribution in [0.15, 0.2) is 0 Å². The van der Waals surface area contributed by atoms with E-state index in [-0.39, 0.29) is 0 Å². The SMILES string of the molecule is CN(CCCCCO)CC1CC(N)C1. The molecular formula is C11H24N2O. The summed E-state index contributed by atoms with van der Waals surface area (Å²) in [4.78, 5) is 2.40. The van der Waals surface area contributed by atoms with E-state index in [1.165, 1.54) is 25.8 Å². The van der Waals surface area contributed by atoms with Crippen molar-refractivity contribution in [2.75, 3.05) is 26.7 Å². The highest BCUT2D eigenvalue weighted by Gasteiger charge is 2.26. The van der Waals surface area contributed by atoms with Gasteiger partial charge < -0.3 is 15.7 Å². The topological polar surface area (TPSA) is 49.5 Å². The summed E-state index contributed by atoms with van der Waals surface area (Å²) in [6, 6.07) is 0.475. The average Bonchev–Trinajstić information content (AvgIpc) is 2.10. The molecule has 3 nitrogen and oxygen atoms in total. The van der Waals surface area contributed by atoms with E-state index >= 15 is 0 Å². The van der Waals surface area contributed by atoms with Crippen molar-refractivity contribution in [1.29, 1.82) is 0 Å². The van der Waals surface area contributed by atoms with Gasteiger partial charge in [0.05, 0.1) is 0 Å². The van der Waals surface area contributed by atoms with E-state index in [0.29, 0.717) is 12.6 Å². The molecule has 0 saturated heterocycles. The maximum Gasteiger partial charge on any atom is 0.0431 e. The van der Waals surface area contributed by atoms with Crippen molar-refractivity contribution in [1.82, 2.24) is 4.90 Å². The van der Waals surface area contributed by atoms with Gasteiger partial charge in [0.1, 0.15) is 0 Å². The van der Waals surface area contributed by atoms with Crippen molar-refractivity contribution in [3.05, 3.63) is 0 Å². The van der Waals surface area contributed by atoms with Gasteiger partial charge in [0.25, 0.3) is 0 Å². The molecular weight excluding hydrogens is 176 g/mol. The normalized spacial score (nSPS) is 26.6. The molecule has 14 heavy (non-hydrogen) atoms. The fraction of sp³-hybridized carbons (Fsp3) is 1.00. The standard InChI is InChI=1S/C11H24N2O/c1-13(5-3-2-4-6-14)9-10-7-11(12)8-10/h10-11,14H,2-9,12H2,1H3. The first-order valence-corrected chi connectivity index (χ1v) is 5.77. The lowest BCUT2D eigenvalue weighted by atomic mass is 9.80. The number of rotatable bonds is 7. The lowest BCUT2D eigenvalue weighted by Gasteiger charge is -2.35. The Labute approximate surface area is 87.3 Å². The molecule has 1 aliphatic rings. The van der Waals surface area contributed by atoms with Crippen molar-refractivity contribution in [2.45, 2.75) is 38.1 Å². The molecule has 84 valence electrons. The van der Waals surface area contributed by atoms with Gasteiger partial charge in [-0.2, -0.15) is 0 Å². The van der Waals surface area contributed by atoms with Gasteiger partial charge in [-0.25, -0.2) is 0 Å². The van der Waals surface area contributed by atoms with Crippen LogP contribution in [0.3, 0.4) is 0 Å². The van der Waals surface area contributed by atoms with E-state index in [9.17, 15) is 0 Å². The number of hydrogen-bond donors (Lipinski definition) is 2. The maximum absolute atomic E-state index is 8.63. The zero-order valence-corrected chi connectivity index (χ0v) is 9.28. The van der Waals surface area contributed by atoms with Gasteiger partial charge in [0.2, 0.25) is 0 Å². The number of hydrogen-bond acceptors (Lipinski definition) is 3. The average molecular weight is 200 g/mol. The lowest BCUT2D eigenvalue weighted by Crippen LogP contribution is -2.42. The molecule has 1 saturated carbocycles. The van der Waals surface area contributed by atoms with Gasteiger partial charge in [0, 0.05) is 19.2 Å². The number of nitrogens with two attached hydrogens (primary N) is 1. The van der Waals surface area contributed by atoms with Gasteiger partial charge in [0.15, 0.2) is 0 Å². The molecule has 3 heteroatoms. The monoisotopic (exact) mass is 200 g/mol. The third kappa shape index (κ3) is 4.40. The third-order valence-corrected chi connectivity index (χ3v) is 3.04. The smallest absolute Gasteiger partial charge is 0.0431 e. The molecule has 0 heterocycles. The molecule has 1 aliphatic carbocycles. The highest BCUT2D eigenvalue weighted by atomic mass is 16.2. The van der Waals surface area contributed by atoms with Gasteiger partial charge in [-0.05, 0) is 51.6 Å². The summed E-state index contributed by atoms with van der Waals surface area (Å²) in [5.41, 5.74) is 5.74. The molecule has 1 rings (SSSR count). The maximum atomic E-state index is 8.63. The minimum Gasteiger partial charge on any atom is -0.396 e. The number of nitrogens with zero attached hydrogens (tertiary/aromatic N) is 1. The van der Waals surface area contributed by atoms with Crippen molar-refractivity contribution in [2.24, 2.45) is 11.7 Å². The second kappa shape index (κ2) is 6.38. The van der Waals surface area contributed by atoms with E-state index in [4.69, 9.17) is 10.8 Å². The van der Waals surface area contributed by atoms with Crippen LogP contribution in [0.5, 0.6) is 0 Å². The van der Waals surface area contributed by atoms with Gasteiger partial charge in [-0.15, -0.1) is 0 Å². The molecule has 0 aliphatic heterocycles. The fourth-order valence-corrected chi connectivity index (χ4v) is 2.14. The van der Waals surface area contributed by atoms with Gasteiger partial charge >= 0.3 is 0 Å². The minimum atomic E-state index is 0.335. The second-order valence-electron chi connectivity index (χ2n) is 4.64. The Bertz CT molecular complexity index is 146. The quantitative estimate of drug-likeness (QED) is 0.598. The molecule has 1 fully saturated rings. The first kappa shape index (κ1) is 12.0. The Morgan fingerprint density at radius 2 is 2.00 bits per heavy atom. The Balaban J connectivity index is 1.91. The first-order chi connectivity index (χ1) is 6.72. The molecule has 0 unspecified atom stereocenters. The molecule has 0 aromatic heterocycles. The van der Waals surface area contributed by atoms with Crippen LogP contribution in [-0.2, 0) is 0 Å². The van der Waals surface area contributed by atoms with Gasteiger partial charge in [-0.1, -0.05) is 0 Å². The molecule has 0 aromatic rings. The number of aliphatic hydroxyl groups is 1. The molecule has 0 spiro atoms. The lowest BCUT2D eigenvalue weighted by molar-refractivity contribution is 0.179. The van der Waals surface area contributed by atoms with Crippen molar-refractivity contribution < 1.29 is 5.11 Å². The summed E-state index contributed by atoms with van der Waals surface area (Å²) in [6.07, 6.45) is 5.71. The van der Waals surface area contributed by atoms with Crippen LogP contribution in [0, 0.1) is 5.92 Å². The highest BCUT2D eigenvalue weighted by Crippen LogP contribution is 2.25. The molecule has 0 bridgehead atoms. The summed E-state index contributed by atoms with van der Waals surface area (Å²) < 4.78 is 0. The first-order valence-electron chi connectivity index (χ1n) is 5.77. The van der Waals surface area contributed by atoms with Crippen molar-refractivity contribution in [3.8, 4) is 0 Å². The zero-order chi connectivity index (χ0) is 10.4. The Morgan fingerprint density at radius 1 is 1.29 bits per heavy atom. The molecule has 0 aromatic carbocycles. The van der Waals surface area contributed by atoms with E-state index < -0.39 is 0 Å². The van der Waals surface area contributed by atoms with E-state index in [0.717, 1.165) is 25.3 Å². The van der Waals surface area contributed by atoms with Crippen LogP contribution in [0.4, 0.5) is 0 Å². The minimum absolute atomic E-state index is 0.335. The second-order valence-corrected chi connectivity index (χ2v) is 4.64. The van der Waals surface area contributed by atoms with Crippen LogP contribution in [0.1, 0.15) is 32.1 Å². The largest absolute Gasteiger partial charge is 0.396 e. The van der Waals surface area contributed by atoms with E-state index in [1.54, 1.807) is 0 Å². The zero-order valence-electron chi connectivity index (χ0n) is 9.28. The highest BCUT2D eigenvalue weighted by molar-refractivity contribution is 4.83. The summed E-state index contributed by atoms with van der Waals surface area (Å²) >= 11 is 0. The molecule has 0 atom stereocenters. The van der Waals surface area contributed by atoms with E-state index in [1.807, 2.05) is 0 Å². The molecule has 3 N–H and O–H groups in total. The third-order valence-electron chi connectivity index (χ3n) is 3.04. The van der Waals surface area contributed by atoms with Gasteiger partial charge in [-0.3, -0.25) is 0 Å². The van der Waals surface area contributed by atoms with Crippen molar-refractivity contribution in [3.63, 3.8) is 0 Å². The molecule has 0 radical (unpaired) electrons. The predicted molar refractivity (Wildman–Crippen MR) is 59.1 cm³/mol. The number of aliphatic hydroxyl groups excluding tert-OH is 1. The predicted octanol–water partition coefficient (Wildman–Crippen LogP) is 0.818. The van der Waals surface area contributed by atoms with Crippen LogP contribution in [0.25, 0.3) is 0 Å². The Kier molecular flexibility index (Phi) is 5.45. The number of unbranched alkanes of at least 4 members (excludes halogenated alkanes) is 2. The van der Waals surface area contributed by atoms with Crippen LogP contribution >= 0.6 is 0 Å². The summed E-state index contributed by atoms with van der Waals surface area (Å²) in [7, 11) is 2.18.